The SMILES string of the molecule is C=CCNC(=O)N[C@H]1[C@H](O)[C@@H](n2cc(-c3ccccc3)cn2)[C@@H]2OC[C@H]1O2. The van der Waals surface area contributed by atoms with Crippen molar-refractivity contribution in [3.8, 4) is 11.1 Å². The molecule has 2 aromatic rings. The Bertz CT molecular complexity index is 809. The molecule has 1 aromatic heterocycles. The van der Waals surface area contributed by atoms with Gasteiger partial charge in [-0.1, -0.05) is 36.4 Å². The van der Waals surface area contributed by atoms with Gasteiger partial charge in [-0.2, -0.15) is 5.10 Å². The largest absolute Gasteiger partial charge is 0.388 e. The van der Waals surface area contributed by atoms with E-state index < -0.39 is 36.6 Å². The number of fused-ring (bicyclic) bond motifs is 2. The van der Waals surface area contributed by atoms with Crippen molar-refractivity contribution in [3.63, 3.8) is 0 Å². The zero-order valence-electron chi connectivity index (χ0n) is 14.7. The summed E-state index contributed by atoms with van der Waals surface area (Å²) in [5, 5.41) is 20.8. The Morgan fingerprint density at radius 3 is 2.96 bits per heavy atom. The van der Waals surface area contributed by atoms with Gasteiger partial charge in [0, 0.05) is 18.3 Å². The molecule has 4 rings (SSSR count). The zero-order chi connectivity index (χ0) is 18.8. The number of urea groups is 1. The van der Waals surface area contributed by atoms with Crippen LogP contribution in [0.4, 0.5) is 4.79 Å². The van der Waals surface area contributed by atoms with Crippen LogP contribution in [0.2, 0.25) is 0 Å². The summed E-state index contributed by atoms with van der Waals surface area (Å²) in [5.41, 5.74) is 1.95. The molecule has 27 heavy (non-hydrogen) atoms. The maximum absolute atomic E-state index is 12.0. The first kappa shape index (κ1) is 17.7. The van der Waals surface area contributed by atoms with Crippen molar-refractivity contribution in [2.75, 3.05) is 13.2 Å². The topological polar surface area (TPSA) is 97.6 Å². The van der Waals surface area contributed by atoms with Crippen LogP contribution in [-0.4, -0.2) is 58.6 Å². The minimum atomic E-state index is -0.908. The van der Waals surface area contributed by atoms with Gasteiger partial charge in [0.25, 0.3) is 0 Å². The monoisotopic (exact) mass is 370 g/mol. The Balaban J connectivity index is 1.54. The van der Waals surface area contributed by atoms with Crippen molar-refractivity contribution >= 4 is 6.03 Å². The van der Waals surface area contributed by atoms with Crippen molar-refractivity contribution in [1.29, 1.82) is 0 Å². The summed E-state index contributed by atoms with van der Waals surface area (Å²) in [6, 6.07) is 8.28. The van der Waals surface area contributed by atoms with Crippen molar-refractivity contribution in [2.24, 2.45) is 0 Å². The first-order valence-electron chi connectivity index (χ1n) is 8.87. The van der Waals surface area contributed by atoms with Crippen molar-refractivity contribution in [1.82, 2.24) is 20.4 Å². The fourth-order valence-corrected chi connectivity index (χ4v) is 3.51. The van der Waals surface area contributed by atoms with Crippen LogP contribution < -0.4 is 10.6 Å². The molecule has 5 atom stereocenters. The molecule has 0 unspecified atom stereocenters. The lowest BCUT2D eigenvalue weighted by molar-refractivity contribution is -0.166. The van der Waals surface area contributed by atoms with Crippen molar-refractivity contribution in [2.45, 2.75) is 30.6 Å². The summed E-state index contributed by atoms with van der Waals surface area (Å²) in [5.74, 6) is 0. The van der Waals surface area contributed by atoms with Crippen LogP contribution in [0.3, 0.4) is 0 Å². The number of hydrogen-bond acceptors (Lipinski definition) is 5. The minimum Gasteiger partial charge on any atom is -0.388 e. The van der Waals surface area contributed by atoms with E-state index in [1.807, 2.05) is 36.5 Å². The van der Waals surface area contributed by atoms with Gasteiger partial charge in [-0.3, -0.25) is 4.68 Å². The number of amides is 2. The predicted octanol–water partition coefficient (Wildman–Crippen LogP) is 1.06. The van der Waals surface area contributed by atoms with E-state index in [1.165, 1.54) is 0 Å². The van der Waals surface area contributed by atoms with E-state index in [0.717, 1.165) is 11.1 Å². The number of carbonyl (C=O) groups is 1. The highest BCUT2D eigenvalue weighted by Gasteiger charge is 2.51. The molecule has 3 N–H and O–H groups in total. The number of carbonyl (C=O) groups excluding carboxylic acids is 1. The van der Waals surface area contributed by atoms with Gasteiger partial charge in [0.05, 0.1) is 18.8 Å². The van der Waals surface area contributed by atoms with E-state index in [0.29, 0.717) is 13.2 Å². The number of ether oxygens (including phenoxy) is 2. The molecule has 0 spiro atoms. The summed E-state index contributed by atoms with van der Waals surface area (Å²) < 4.78 is 13.2. The highest BCUT2D eigenvalue weighted by atomic mass is 16.7. The molecule has 8 heteroatoms. The van der Waals surface area contributed by atoms with Crippen LogP contribution in [0.25, 0.3) is 11.1 Å². The standard InChI is InChI=1S/C19H22N4O4/c1-2-8-20-19(25)22-15-14-11-26-18(27-14)16(17(15)24)23-10-13(9-21-23)12-6-4-3-5-7-12/h2-7,9-10,14-18,24H,1,8,11H2,(H2,20,22,25)/t14-,15-,16-,17+,18-/m1/s1. The maximum Gasteiger partial charge on any atom is 0.315 e. The second-order valence-corrected chi connectivity index (χ2v) is 6.60. The van der Waals surface area contributed by atoms with Crippen molar-refractivity contribution in [3.05, 3.63) is 55.4 Å². The normalized spacial score (nSPS) is 29.3. The number of rotatable bonds is 5. The number of aliphatic hydroxyl groups is 1. The molecular formula is C19H22N4O4. The quantitative estimate of drug-likeness (QED) is 0.684. The Kier molecular flexibility index (Phi) is 4.93. The highest BCUT2D eigenvalue weighted by Crippen LogP contribution is 2.36. The Hall–Kier alpha value is -2.68. The number of benzene rings is 1. The van der Waals surface area contributed by atoms with E-state index >= 15 is 0 Å². The Morgan fingerprint density at radius 2 is 2.19 bits per heavy atom. The average molecular weight is 370 g/mol. The molecule has 2 aliphatic rings. The fraction of sp³-hybridized carbons (Fsp3) is 0.368. The van der Waals surface area contributed by atoms with Gasteiger partial charge >= 0.3 is 6.03 Å². The molecule has 2 saturated heterocycles. The maximum atomic E-state index is 12.0. The van der Waals surface area contributed by atoms with E-state index in [1.54, 1.807) is 17.0 Å². The third-order valence-corrected chi connectivity index (χ3v) is 4.85. The predicted molar refractivity (Wildman–Crippen MR) is 97.8 cm³/mol. The number of nitrogens with zero attached hydrogens (tertiary/aromatic N) is 2. The van der Waals surface area contributed by atoms with E-state index in [9.17, 15) is 9.90 Å². The van der Waals surface area contributed by atoms with E-state index in [-0.39, 0.29) is 0 Å². The summed E-state index contributed by atoms with van der Waals surface area (Å²) in [6.45, 7) is 4.20. The van der Waals surface area contributed by atoms with Crippen LogP contribution in [0.15, 0.2) is 55.4 Å². The van der Waals surface area contributed by atoms with Crippen LogP contribution in [0, 0.1) is 0 Å². The average Bonchev–Trinajstić information content (AvgIpc) is 3.33. The number of hydrogen-bond donors (Lipinski definition) is 3. The van der Waals surface area contributed by atoms with Crippen LogP contribution >= 0.6 is 0 Å². The summed E-state index contributed by atoms with van der Waals surface area (Å²) in [4.78, 5) is 12.0. The molecule has 0 aliphatic carbocycles. The number of aromatic nitrogens is 2. The molecule has 142 valence electrons. The van der Waals surface area contributed by atoms with Crippen LogP contribution in [0.1, 0.15) is 6.04 Å². The van der Waals surface area contributed by atoms with Gasteiger partial charge < -0.3 is 25.2 Å². The number of aliphatic hydroxyl groups excluding tert-OH is 1. The van der Waals surface area contributed by atoms with Gasteiger partial charge in [0.2, 0.25) is 0 Å². The van der Waals surface area contributed by atoms with E-state index in [4.69, 9.17) is 9.47 Å². The lowest BCUT2D eigenvalue weighted by Gasteiger charge is -2.38. The Labute approximate surface area is 156 Å². The van der Waals surface area contributed by atoms with E-state index in [2.05, 4.69) is 22.3 Å². The molecule has 2 amide bonds. The molecule has 2 aliphatic heterocycles. The summed E-state index contributed by atoms with van der Waals surface area (Å²) >= 11 is 0. The summed E-state index contributed by atoms with van der Waals surface area (Å²) in [6.07, 6.45) is 3.25. The first-order valence-corrected chi connectivity index (χ1v) is 8.87. The number of nitrogens with one attached hydrogen (secondary N) is 2. The molecular weight excluding hydrogens is 348 g/mol. The molecule has 0 radical (unpaired) electrons. The van der Waals surface area contributed by atoms with Gasteiger partial charge in [0.15, 0.2) is 6.29 Å². The Morgan fingerprint density at radius 1 is 1.37 bits per heavy atom. The van der Waals surface area contributed by atoms with Gasteiger partial charge in [0.1, 0.15) is 18.2 Å². The first-order chi connectivity index (χ1) is 13.2. The highest BCUT2D eigenvalue weighted by molar-refractivity contribution is 5.74. The molecule has 3 heterocycles. The molecule has 2 fully saturated rings. The van der Waals surface area contributed by atoms with Gasteiger partial charge in [-0.05, 0) is 5.56 Å². The third kappa shape index (κ3) is 3.46. The second kappa shape index (κ2) is 7.51. The van der Waals surface area contributed by atoms with Gasteiger partial charge in [-0.15, -0.1) is 6.58 Å². The molecule has 2 bridgehead atoms. The van der Waals surface area contributed by atoms with Crippen molar-refractivity contribution < 1.29 is 19.4 Å². The lowest BCUT2D eigenvalue weighted by Crippen LogP contribution is -2.60. The fourth-order valence-electron chi connectivity index (χ4n) is 3.51. The minimum absolute atomic E-state index is 0.303. The molecule has 0 saturated carbocycles. The second-order valence-electron chi connectivity index (χ2n) is 6.60. The summed E-state index contributed by atoms with van der Waals surface area (Å²) in [7, 11) is 0. The molecule has 8 nitrogen and oxygen atoms in total. The van der Waals surface area contributed by atoms with Crippen LogP contribution in [-0.2, 0) is 9.47 Å². The smallest absolute Gasteiger partial charge is 0.315 e. The molecule has 1 aromatic carbocycles. The lowest BCUT2D eigenvalue weighted by atomic mass is 9.96. The van der Waals surface area contributed by atoms with Crippen LogP contribution in [0.5, 0.6) is 0 Å². The van der Waals surface area contributed by atoms with Gasteiger partial charge in [-0.25, -0.2) is 4.79 Å². The third-order valence-electron chi connectivity index (χ3n) is 4.85. The zero-order valence-corrected chi connectivity index (χ0v) is 14.7.